The molecule has 0 spiro atoms. The van der Waals surface area contributed by atoms with E-state index in [4.69, 9.17) is 4.74 Å². The largest absolute Gasteiger partial charge is 0.505 e. The van der Waals surface area contributed by atoms with Crippen LogP contribution in [0.4, 0.5) is 4.39 Å². The molecule has 134 valence electrons. The second-order valence-corrected chi connectivity index (χ2v) is 6.31. The molecule has 0 aliphatic carbocycles. The first-order chi connectivity index (χ1) is 12.5. The topological polar surface area (TPSA) is 81.4 Å². The molecule has 0 fully saturated rings. The minimum atomic E-state index is -0.914. The van der Waals surface area contributed by atoms with Crippen molar-refractivity contribution >= 4 is 17.3 Å². The minimum Gasteiger partial charge on any atom is -0.505 e. The Morgan fingerprint density at radius 3 is 2.65 bits per heavy atom. The summed E-state index contributed by atoms with van der Waals surface area (Å²) in [5.41, 5.74) is -0.499. The Balaban J connectivity index is 2.15. The van der Waals surface area contributed by atoms with Crippen molar-refractivity contribution in [1.82, 2.24) is 9.78 Å². The fourth-order valence-electron chi connectivity index (χ4n) is 2.40. The Bertz CT molecular complexity index is 982. The second kappa shape index (κ2) is 7.49. The molecule has 2 heterocycles. The molecule has 0 aliphatic rings. The van der Waals surface area contributed by atoms with Gasteiger partial charge in [-0.2, -0.15) is 5.10 Å². The fraction of sp³-hybridized carbons (Fsp3) is 0.167. The Morgan fingerprint density at radius 2 is 2.04 bits per heavy atom. The predicted molar refractivity (Wildman–Crippen MR) is 94.9 cm³/mol. The van der Waals surface area contributed by atoms with Crippen LogP contribution >= 0.6 is 11.3 Å². The van der Waals surface area contributed by atoms with Crippen molar-refractivity contribution in [2.75, 3.05) is 6.61 Å². The molecular weight excluding hydrogens is 359 g/mol. The summed E-state index contributed by atoms with van der Waals surface area (Å²) in [5, 5.41) is 16.4. The normalized spacial score (nSPS) is 10.7. The van der Waals surface area contributed by atoms with Crippen molar-refractivity contribution in [1.29, 1.82) is 0 Å². The first kappa shape index (κ1) is 17.8. The van der Waals surface area contributed by atoms with Gasteiger partial charge >= 0.3 is 5.97 Å². The van der Waals surface area contributed by atoms with E-state index >= 15 is 0 Å². The molecule has 1 aromatic carbocycles. The van der Waals surface area contributed by atoms with Gasteiger partial charge in [0.05, 0.1) is 18.0 Å². The standard InChI is InChI=1S/C18H15FN2O4S/c1-2-25-18(24)14-16(22)15(13-4-3-9-26-13)20-21(17(14)23)10-11-5-7-12(19)8-6-11/h3-9,22H,2,10H2,1H3. The molecule has 3 rings (SSSR count). The maximum absolute atomic E-state index is 13.1. The van der Waals surface area contributed by atoms with E-state index < -0.39 is 28.7 Å². The summed E-state index contributed by atoms with van der Waals surface area (Å²) >= 11 is 1.31. The van der Waals surface area contributed by atoms with Crippen LogP contribution in [0, 0.1) is 5.82 Å². The van der Waals surface area contributed by atoms with Gasteiger partial charge in [-0.1, -0.05) is 18.2 Å². The Labute approximate surface area is 152 Å². The Kier molecular flexibility index (Phi) is 5.13. The van der Waals surface area contributed by atoms with Crippen LogP contribution in [0.15, 0.2) is 46.6 Å². The molecule has 0 saturated heterocycles. The van der Waals surface area contributed by atoms with E-state index in [2.05, 4.69) is 5.10 Å². The van der Waals surface area contributed by atoms with Crippen molar-refractivity contribution in [3.63, 3.8) is 0 Å². The molecule has 6 nitrogen and oxygen atoms in total. The van der Waals surface area contributed by atoms with Gasteiger partial charge in [0, 0.05) is 0 Å². The average Bonchev–Trinajstić information content (AvgIpc) is 3.14. The van der Waals surface area contributed by atoms with Crippen LogP contribution in [0.1, 0.15) is 22.8 Å². The summed E-state index contributed by atoms with van der Waals surface area (Å²) in [6.07, 6.45) is 0. The van der Waals surface area contributed by atoms with Crippen molar-refractivity contribution in [2.24, 2.45) is 0 Å². The average molecular weight is 374 g/mol. The summed E-state index contributed by atoms with van der Waals surface area (Å²) in [5.74, 6) is -1.82. The number of hydrogen-bond acceptors (Lipinski definition) is 6. The number of carbonyl (C=O) groups excluding carboxylic acids is 1. The zero-order chi connectivity index (χ0) is 18.7. The SMILES string of the molecule is CCOC(=O)c1c(O)c(-c2cccs2)nn(Cc2ccc(F)cc2)c1=O. The Hall–Kier alpha value is -3.00. The number of ether oxygens (including phenoxy) is 1. The third kappa shape index (κ3) is 3.50. The quantitative estimate of drug-likeness (QED) is 0.694. The third-order valence-corrected chi connectivity index (χ3v) is 4.49. The molecule has 1 N–H and O–H groups in total. The molecule has 0 saturated carbocycles. The molecule has 0 unspecified atom stereocenters. The first-order valence-electron chi connectivity index (χ1n) is 7.80. The van der Waals surface area contributed by atoms with Crippen molar-refractivity contribution in [2.45, 2.75) is 13.5 Å². The van der Waals surface area contributed by atoms with Gasteiger partial charge in [0.15, 0.2) is 11.3 Å². The number of aromatic nitrogens is 2. The molecule has 0 atom stereocenters. The van der Waals surface area contributed by atoms with Gasteiger partial charge < -0.3 is 9.84 Å². The van der Waals surface area contributed by atoms with E-state index in [0.29, 0.717) is 10.4 Å². The lowest BCUT2D eigenvalue weighted by Gasteiger charge is -2.12. The van der Waals surface area contributed by atoms with Gasteiger partial charge in [-0.15, -0.1) is 11.3 Å². The highest BCUT2D eigenvalue weighted by Crippen LogP contribution is 2.31. The van der Waals surface area contributed by atoms with Gasteiger partial charge in [0.1, 0.15) is 11.5 Å². The van der Waals surface area contributed by atoms with E-state index in [9.17, 15) is 19.1 Å². The molecule has 3 aromatic rings. The van der Waals surface area contributed by atoms with E-state index in [1.54, 1.807) is 24.4 Å². The minimum absolute atomic E-state index is 0.0180. The molecule has 8 heteroatoms. The summed E-state index contributed by atoms with van der Waals surface area (Å²) < 4.78 is 19.0. The fourth-order valence-corrected chi connectivity index (χ4v) is 3.11. The van der Waals surface area contributed by atoms with E-state index in [-0.39, 0.29) is 18.8 Å². The monoisotopic (exact) mass is 374 g/mol. The predicted octanol–water partition coefficient (Wildman–Crippen LogP) is 3.04. The lowest BCUT2D eigenvalue weighted by atomic mass is 10.2. The lowest BCUT2D eigenvalue weighted by molar-refractivity contribution is 0.0519. The maximum atomic E-state index is 13.1. The van der Waals surface area contributed by atoms with Crippen LogP contribution in [0.5, 0.6) is 5.75 Å². The number of thiophene rings is 1. The van der Waals surface area contributed by atoms with Crippen LogP contribution in [-0.2, 0) is 11.3 Å². The number of esters is 1. The summed E-state index contributed by atoms with van der Waals surface area (Å²) in [6, 6.07) is 9.06. The van der Waals surface area contributed by atoms with Gasteiger partial charge in [-0.25, -0.2) is 13.9 Å². The van der Waals surface area contributed by atoms with Gasteiger partial charge in [-0.05, 0) is 36.1 Å². The Morgan fingerprint density at radius 1 is 1.31 bits per heavy atom. The van der Waals surface area contributed by atoms with Gasteiger partial charge in [-0.3, -0.25) is 4.79 Å². The summed E-state index contributed by atoms with van der Waals surface area (Å²) in [6.45, 7) is 1.68. The first-order valence-corrected chi connectivity index (χ1v) is 8.68. The number of nitrogens with zero attached hydrogens (tertiary/aromatic N) is 2. The van der Waals surface area contributed by atoms with Crippen molar-refractivity contribution < 1.29 is 19.0 Å². The van der Waals surface area contributed by atoms with Crippen LogP contribution in [0.3, 0.4) is 0 Å². The number of aromatic hydroxyl groups is 1. The zero-order valence-electron chi connectivity index (χ0n) is 13.8. The maximum Gasteiger partial charge on any atom is 0.347 e. The number of carbonyl (C=O) groups is 1. The number of hydrogen-bond donors (Lipinski definition) is 1. The van der Waals surface area contributed by atoms with E-state index in [1.165, 1.54) is 35.6 Å². The molecule has 0 radical (unpaired) electrons. The summed E-state index contributed by atoms with van der Waals surface area (Å²) in [4.78, 5) is 25.5. The van der Waals surface area contributed by atoms with Crippen LogP contribution in [0.2, 0.25) is 0 Å². The molecule has 2 aromatic heterocycles. The lowest BCUT2D eigenvalue weighted by Crippen LogP contribution is -2.30. The highest BCUT2D eigenvalue weighted by molar-refractivity contribution is 7.13. The van der Waals surface area contributed by atoms with Gasteiger partial charge in [0.25, 0.3) is 5.56 Å². The van der Waals surface area contributed by atoms with E-state index in [0.717, 1.165) is 4.68 Å². The van der Waals surface area contributed by atoms with Crippen LogP contribution < -0.4 is 5.56 Å². The van der Waals surface area contributed by atoms with Gasteiger partial charge in [0.2, 0.25) is 0 Å². The smallest absolute Gasteiger partial charge is 0.347 e. The van der Waals surface area contributed by atoms with Crippen LogP contribution in [0.25, 0.3) is 10.6 Å². The number of rotatable bonds is 5. The van der Waals surface area contributed by atoms with Crippen LogP contribution in [-0.4, -0.2) is 27.5 Å². The highest BCUT2D eigenvalue weighted by Gasteiger charge is 2.25. The van der Waals surface area contributed by atoms with E-state index in [1.807, 2.05) is 0 Å². The molecule has 26 heavy (non-hydrogen) atoms. The molecule has 0 aliphatic heterocycles. The molecule has 0 amide bonds. The number of benzene rings is 1. The molecular formula is C18H15FN2O4S. The second-order valence-electron chi connectivity index (χ2n) is 5.36. The number of halogens is 1. The molecule has 0 bridgehead atoms. The summed E-state index contributed by atoms with van der Waals surface area (Å²) in [7, 11) is 0. The van der Waals surface area contributed by atoms with Crippen molar-refractivity contribution in [3.8, 4) is 16.3 Å². The van der Waals surface area contributed by atoms with Crippen molar-refractivity contribution in [3.05, 3.63) is 69.1 Å². The zero-order valence-corrected chi connectivity index (χ0v) is 14.6. The third-order valence-electron chi connectivity index (χ3n) is 3.61. The highest BCUT2D eigenvalue weighted by atomic mass is 32.1.